The maximum Gasteiger partial charge on any atom is 0.269 e. The first-order valence-electron chi connectivity index (χ1n) is 8.68. The zero-order chi connectivity index (χ0) is 18.5. The Morgan fingerprint density at radius 3 is 2.69 bits per heavy atom. The molecule has 0 amide bonds. The average molecular weight is 369 g/mol. The molecule has 0 saturated carbocycles. The molecule has 1 aromatic carbocycles. The van der Waals surface area contributed by atoms with Crippen molar-refractivity contribution in [2.75, 3.05) is 18.5 Å². The lowest BCUT2D eigenvalue weighted by atomic mass is 10.1. The molecule has 0 atom stereocenters. The quantitative estimate of drug-likeness (QED) is 0.641. The first-order valence-corrected chi connectivity index (χ1v) is 9.45. The molecular formula is C19H23N5OS. The number of hydrogen-bond acceptors (Lipinski definition) is 6. The Morgan fingerprint density at radius 2 is 2.00 bits per heavy atom. The van der Waals surface area contributed by atoms with Crippen LogP contribution >= 0.6 is 11.5 Å². The summed E-state index contributed by atoms with van der Waals surface area (Å²) in [4.78, 5) is 15.5. The standard InChI is InChI=1S/C19H23N5OS/c1-14(2)19-17(26-22-21-19)13-24-18(25)11-16(12-20-24)23(3)10-9-15-7-5-4-6-8-15/h4-8,11-12,14H,9-10,13H2,1-3H3. The largest absolute Gasteiger partial charge is 0.373 e. The second-order valence-electron chi connectivity index (χ2n) is 6.60. The molecular weight excluding hydrogens is 346 g/mol. The van der Waals surface area contributed by atoms with Crippen molar-refractivity contribution in [1.82, 2.24) is 19.4 Å². The lowest BCUT2D eigenvalue weighted by molar-refractivity contribution is 0.633. The van der Waals surface area contributed by atoms with Crippen LogP contribution in [0.3, 0.4) is 0 Å². The van der Waals surface area contributed by atoms with Gasteiger partial charge in [0.2, 0.25) is 0 Å². The van der Waals surface area contributed by atoms with E-state index < -0.39 is 0 Å². The summed E-state index contributed by atoms with van der Waals surface area (Å²) in [5.41, 5.74) is 2.93. The molecule has 3 rings (SSSR count). The number of nitrogens with zero attached hydrogens (tertiary/aromatic N) is 5. The first-order chi connectivity index (χ1) is 12.5. The second-order valence-corrected chi connectivity index (χ2v) is 7.44. The van der Waals surface area contributed by atoms with Gasteiger partial charge in [-0.1, -0.05) is 48.7 Å². The Morgan fingerprint density at radius 1 is 1.23 bits per heavy atom. The summed E-state index contributed by atoms with van der Waals surface area (Å²) in [6.45, 7) is 5.38. The minimum absolute atomic E-state index is 0.114. The van der Waals surface area contributed by atoms with Gasteiger partial charge in [0.15, 0.2) is 0 Å². The van der Waals surface area contributed by atoms with Crippen molar-refractivity contribution in [2.24, 2.45) is 0 Å². The molecule has 6 nitrogen and oxygen atoms in total. The van der Waals surface area contributed by atoms with E-state index in [-0.39, 0.29) is 11.5 Å². The van der Waals surface area contributed by atoms with Gasteiger partial charge in [-0.05, 0) is 29.4 Å². The Bertz CT molecular complexity index is 904. The van der Waals surface area contributed by atoms with Crippen molar-refractivity contribution in [3.05, 3.63) is 69.1 Å². The summed E-state index contributed by atoms with van der Waals surface area (Å²) < 4.78 is 5.48. The molecule has 0 aliphatic heterocycles. The molecule has 26 heavy (non-hydrogen) atoms. The molecule has 3 aromatic rings. The topological polar surface area (TPSA) is 63.9 Å². The first kappa shape index (κ1) is 18.3. The van der Waals surface area contributed by atoms with Gasteiger partial charge in [-0.25, -0.2) is 4.68 Å². The van der Waals surface area contributed by atoms with Crippen molar-refractivity contribution in [3.63, 3.8) is 0 Å². The Labute approximate surface area is 157 Å². The highest BCUT2D eigenvalue weighted by molar-refractivity contribution is 7.05. The summed E-state index contributed by atoms with van der Waals surface area (Å²) in [7, 11) is 1.98. The van der Waals surface area contributed by atoms with Gasteiger partial charge in [-0.2, -0.15) is 5.10 Å². The van der Waals surface area contributed by atoms with Crippen LogP contribution in [0.5, 0.6) is 0 Å². The molecule has 0 aliphatic rings. The number of anilines is 1. The molecule has 0 saturated heterocycles. The van der Waals surface area contributed by atoms with Gasteiger partial charge in [-0.3, -0.25) is 4.79 Å². The van der Waals surface area contributed by atoms with Crippen LogP contribution in [0.25, 0.3) is 0 Å². The number of rotatable bonds is 7. The van der Waals surface area contributed by atoms with E-state index in [0.29, 0.717) is 6.54 Å². The minimum atomic E-state index is -0.114. The zero-order valence-electron chi connectivity index (χ0n) is 15.3. The van der Waals surface area contributed by atoms with Crippen LogP contribution < -0.4 is 10.5 Å². The van der Waals surface area contributed by atoms with Gasteiger partial charge in [0.25, 0.3) is 5.56 Å². The molecule has 0 bridgehead atoms. The van der Waals surface area contributed by atoms with Crippen molar-refractivity contribution >= 4 is 17.2 Å². The van der Waals surface area contributed by atoms with Gasteiger partial charge in [-0.15, -0.1) is 5.10 Å². The summed E-state index contributed by atoms with van der Waals surface area (Å²) in [5.74, 6) is 0.280. The van der Waals surface area contributed by atoms with Gasteiger partial charge in [0.05, 0.1) is 29.0 Å². The molecule has 0 spiro atoms. The predicted octanol–water partition coefficient (Wildman–Crippen LogP) is 2.95. The number of hydrogen-bond donors (Lipinski definition) is 0. The third-order valence-corrected chi connectivity index (χ3v) is 5.02. The maximum absolute atomic E-state index is 12.5. The van der Waals surface area contributed by atoms with Crippen LogP contribution in [0.2, 0.25) is 0 Å². The molecule has 0 N–H and O–H groups in total. The summed E-state index contributed by atoms with van der Waals surface area (Å²) in [6, 6.07) is 12.0. The van der Waals surface area contributed by atoms with Gasteiger partial charge in [0.1, 0.15) is 0 Å². The average Bonchev–Trinajstić information content (AvgIpc) is 3.11. The van der Waals surface area contributed by atoms with E-state index in [2.05, 4.69) is 45.6 Å². The number of likely N-dealkylation sites (N-methyl/N-ethyl adjacent to an activating group) is 1. The molecule has 0 aliphatic carbocycles. The lowest BCUT2D eigenvalue weighted by Gasteiger charge is -2.19. The fraction of sp³-hybridized carbons (Fsp3) is 0.368. The monoisotopic (exact) mass is 369 g/mol. The molecule has 0 fully saturated rings. The third-order valence-electron chi connectivity index (χ3n) is 4.30. The molecule has 2 heterocycles. The van der Waals surface area contributed by atoms with Crippen LogP contribution in [0, 0.1) is 0 Å². The van der Waals surface area contributed by atoms with E-state index >= 15 is 0 Å². The molecule has 2 aromatic heterocycles. The second kappa shape index (κ2) is 8.23. The van der Waals surface area contributed by atoms with E-state index in [9.17, 15) is 4.79 Å². The molecule has 0 radical (unpaired) electrons. The molecule has 0 unspecified atom stereocenters. The van der Waals surface area contributed by atoms with Gasteiger partial charge >= 0.3 is 0 Å². The summed E-state index contributed by atoms with van der Waals surface area (Å²) in [6.07, 6.45) is 2.67. The normalized spacial score (nSPS) is 11.1. The van der Waals surface area contributed by atoms with E-state index in [4.69, 9.17) is 0 Å². The van der Waals surface area contributed by atoms with Crippen LogP contribution in [-0.4, -0.2) is 33.0 Å². The van der Waals surface area contributed by atoms with Crippen molar-refractivity contribution < 1.29 is 0 Å². The van der Waals surface area contributed by atoms with Crippen LogP contribution in [-0.2, 0) is 13.0 Å². The van der Waals surface area contributed by atoms with Crippen LogP contribution in [0.15, 0.2) is 47.4 Å². The van der Waals surface area contributed by atoms with E-state index in [1.165, 1.54) is 21.8 Å². The highest BCUT2D eigenvalue weighted by atomic mass is 32.1. The van der Waals surface area contributed by atoms with E-state index in [0.717, 1.165) is 29.2 Å². The minimum Gasteiger partial charge on any atom is -0.373 e. The maximum atomic E-state index is 12.5. The Balaban J connectivity index is 1.69. The summed E-state index contributed by atoms with van der Waals surface area (Å²) >= 11 is 1.33. The summed E-state index contributed by atoms with van der Waals surface area (Å²) in [5, 5.41) is 8.50. The fourth-order valence-corrected chi connectivity index (χ4v) is 3.50. The van der Waals surface area contributed by atoms with Gasteiger partial charge in [0, 0.05) is 19.7 Å². The third kappa shape index (κ3) is 4.35. The highest BCUT2D eigenvalue weighted by Gasteiger charge is 2.13. The fourth-order valence-electron chi connectivity index (χ4n) is 2.72. The SMILES string of the molecule is CC(C)c1nnsc1Cn1ncc(N(C)CCc2ccccc2)cc1=O. The number of benzene rings is 1. The van der Waals surface area contributed by atoms with Crippen LogP contribution in [0.4, 0.5) is 5.69 Å². The van der Waals surface area contributed by atoms with Crippen molar-refractivity contribution in [1.29, 1.82) is 0 Å². The molecule has 136 valence electrons. The Kier molecular flexibility index (Phi) is 5.78. The zero-order valence-corrected chi connectivity index (χ0v) is 16.1. The lowest BCUT2D eigenvalue weighted by Crippen LogP contribution is -2.27. The van der Waals surface area contributed by atoms with Crippen molar-refractivity contribution in [2.45, 2.75) is 32.7 Å². The smallest absolute Gasteiger partial charge is 0.269 e. The van der Waals surface area contributed by atoms with Crippen LogP contribution in [0.1, 0.15) is 35.9 Å². The molecule has 7 heteroatoms. The number of aromatic nitrogens is 4. The van der Waals surface area contributed by atoms with Crippen molar-refractivity contribution in [3.8, 4) is 0 Å². The van der Waals surface area contributed by atoms with Gasteiger partial charge < -0.3 is 4.90 Å². The highest BCUT2D eigenvalue weighted by Crippen LogP contribution is 2.20. The van der Waals surface area contributed by atoms with E-state index in [1.807, 2.05) is 25.2 Å². The van der Waals surface area contributed by atoms with E-state index in [1.54, 1.807) is 12.3 Å². The predicted molar refractivity (Wildman–Crippen MR) is 105 cm³/mol. The Hall–Kier alpha value is -2.54.